The van der Waals surface area contributed by atoms with Gasteiger partial charge in [0.25, 0.3) is 0 Å². The smallest absolute Gasteiger partial charge is 0.284 e. The van der Waals surface area contributed by atoms with Gasteiger partial charge < -0.3 is 0 Å². The summed E-state index contributed by atoms with van der Waals surface area (Å²) in [6.45, 7) is 0. The molecule has 0 fully saturated rings. The van der Waals surface area contributed by atoms with E-state index >= 15 is 0 Å². The van der Waals surface area contributed by atoms with Gasteiger partial charge in [-0.1, -0.05) is 0 Å². The van der Waals surface area contributed by atoms with Crippen molar-refractivity contribution in [3.05, 3.63) is 0 Å². The van der Waals surface area contributed by atoms with Crippen molar-refractivity contribution in [3.63, 3.8) is 0 Å². The van der Waals surface area contributed by atoms with Gasteiger partial charge >= 0.3 is 29.0 Å². The molecule has 68 valence electrons. The molecule has 2 N–H and O–H groups in total. The summed E-state index contributed by atoms with van der Waals surface area (Å²) in [5.74, 6) is 0. The predicted molar refractivity (Wildman–Crippen MR) is 28.7 cm³/mol. The molecular formula is CH2F2O6S2. The molecule has 0 spiro atoms. The number of halogens is 2. The number of alkyl halides is 2. The minimum Gasteiger partial charge on any atom is -0.284 e. The molecule has 6 nitrogen and oxygen atoms in total. The van der Waals surface area contributed by atoms with Crippen LogP contribution in [0.1, 0.15) is 0 Å². The van der Waals surface area contributed by atoms with E-state index in [4.69, 9.17) is 9.11 Å². The van der Waals surface area contributed by atoms with Gasteiger partial charge in [-0.3, -0.25) is 9.11 Å². The number of hydrogen-bond donors (Lipinski definition) is 2. The molecule has 10 heteroatoms. The molecule has 0 aromatic rings. The van der Waals surface area contributed by atoms with Gasteiger partial charge in [0.05, 0.1) is 0 Å². The van der Waals surface area contributed by atoms with E-state index in [0.717, 1.165) is 0 Å². The predicted octanol–water partition coefficient (Wildman–Crippen LogP) is -0.157. The minimum absolute atomic E-state index is 2.87. The number of hydrogen-bond acceptors (Lipinski definition) is 4. The van der Waals surface area contributed by atoms with Crippen LogP contribution in [0.25, 0.3) is 0 Å². The number of rotatable bonds is 4. The SMILES string of the molecule is O=S(O)OC(F)(F)OS(=O)O. The Balaban J connectivity index is 3.99. The van der Waals surface area contributed by atoms with E-state index in [1.165, 1.54) is 0 Å². The second-order valence-corrected chi connectivity index (χ2v) is 2.27. The fraction of sp³-hybridized carbons (Fsp3) is 1.00. The quantitative estimate of drug-likeness (QED) is 0.497. The van der Waals surface area contributed by atoms with Crippen LogP contribution in [0, 0.1) is 0 Å². The third-order valence-electron chi connectivity index (χ3n) is 0.337. The van der Waals surface area contributed by atoms with Gasteiger partial charge in [-0.05, 0) is 0 Å². The zero-order valence-corrected chi connectivity index (χ0v) is 6.23. The summed E-state index contributed by atoms with van der Waals surface area (Å²) in [5, 5.41) is 0. The van der Waals surface area contributed by atoms with E-state index in [1.807, 2.05) is 0 Å². The molecule has 0 radical (unpaired) electrons. The zero-order valence-electron chi connectivity index (χ0n) is 4.60. The summed E-state index contributed by atoms with van der Waals surface area (Å²) in [4.78, 5) is 0. The van der Waals surface area contributed by atoms with Gasteiger partial charge in [-0.2, -0.15) is 16.8 Å². The van der Waals surface area contributed by atoms with Crippen molar-refractivity contribution in [1.82, 2.24) is 0 Å². The highest BCUT2D eigenvalue weighted by Crippen LogP contribution is 2.18. The first-order valence-corrected chi connectivity index (χ1v) is 3.88. The average Bonchev–Trinajstić information content (AvgIpc) is 1.53. The van der Waals surface area contributed by atoms with Crippen LogP contribution in [0.5, 0.6) is 0 Å². The normalized spacial score (nSPS) is 17.8. The molecule has 0 amide bonds. The lowest BCUT2D eigenvalue weighted by Gasteiger charge is -2.08. The Labute approximate surface area is 64.5 Å². The first-order chi connectivity index (χ1) is 4.83. The lowest BCUT2D eigenvalue weighted by Crippen LogP contribution is -2.26. The highest BCUT2D eigenvalue weighted by Gasteiger charge is 2.38. The van der Waals surface area contributed by atoms with Gasteiger partial charge in [0.15, 0.2) is 0 Å². The largest absolute Gasteiger partial charge is 0.514 e. The van der Waals surface area contributed by atoms with Crippen LogP contribution in [0.15, 0.2) is 0 Å². The summed E-state index contributed by atoms with van der Waals surface area (Å²) < 4.78 is 63.8. The first kappa shape index (κ1) is 11.0. The molecule has 0 rings (SSSR count). The minimum atomic E-state index is -4.56. The van der Waals surface area contributed by atoms with E-state index in [9.17, 15) is 17.2 Å². The van der Waals surface area contributed by atoms with E-state index in [2.05, 4.69) is 8.37 Å². The van der Waals surface area contributed by atoms with Gasteiger partial charge in [0, 0.05) is 0 Å². The molecule has 0 aliphatic rings. The molecule has 0 bridgehead atoms. The molecular weight excluding hydrogens is 210 g/mol. The topological polar surface area (TPSA) is 93.1 Å². The Bertz CT molecular complexity index is 161. The van der Waals surface area contributed by atoms with Crippen LogP contribution in [-0.4, -0.2) is 23.8 Å². The van der Waals surface area contributed by atoms with Crippen molar-refractivity contribution >= 4 is 22.7 Å². The maximum atomic E-state index is 11.8. The van der Waals surface area contributed by atoms with Crippen LogP contribution in [-0.2, 0) is 31.1 Å². The highest BCUT2D eigenvalue weighted by atomic mass is 32.2. The first-order valence-electron chi connectivity index (χ1n) is 1.82. The van der Waals surface area contributed by atoms with Crippen molar-refractivity contribution in [2.24, 2.45) is 0 Å². The van der Waals surface area contributed by atoms with Gasteiger partial charge in [0.1, 0.15) is 0 Å². The Kier molecular flexibility index (Phi) is 4.13. The molecule has 0 heterocycles. The second-order valence-electron chi connectivity index (χ2n) is 1.06. The van der Waals surface area contributed by atoms with Crippen molar-refractivity contribution in [3.8, 4) is 0 Å². The van der Waals surface area contributed by atoms with Crippen molar-refractivity contribution in [2.75, 3.05) is 0 Å². The Morgan fingerprint density at radius 3 is 1.55 bits per heavy atom. The van der Waals surface area contributed by atoms with Gasteiger partial charge in [-0.15, -0.1) is 8.78 Å². The van der Waals surface area contributed by atoms with Gasteiger partial charge in [0.2, 0.25) is 0 Å². The Hall–Kier alpha value is -0.000000000000000104. The van der Waals surface area contributed by atoms with E-state index in [-0.39, 0.29) is 0 Å². The Morgan fingerprint density at radius 1 is 1.09 bits per heavy atom. The monoisotopic (exact) mass is 212 g/mol. The van der Waals surface area contributed by atoms with Crippen molar-refractivity contribution in [1.29, 1.82) is 0 Å². The average molecular weight is 212 g/mol. The maximum absolute atomic E-state index is 11.8. The highest BCUT2D eigenvalue weighted by molar-refractivity contribution is 7.74. The summed E-state index contributed by atoms with van der Waals surface area (Å²) in [5.41, 5.74) is 0. The van der Waals surface area contributed by atoms with Gasteiger partial charge in [-0.25, -0.2) is 0 Å². The molecule has 2 atom stereocenters. The van der Waals surface area contributed by atoms with Crippen LogP contribution in [0.3, 0.4) is 0 Å². The lowest BCUT2D eigenvalue weighted by atomic mass is 11.3. The van der Waals surface area contributed by atoms with Crippen molar-refractivity contribution in [2.45, 2.75) is 6.29 Å². The van der Waals surface area contributed by atoms with Crippen LogP contribution in [0.2, 0.25) is 0 Å². The molecule has 0 saturated heterocycles. The summed E-state index contributed by atoms with van der Waals surface area (Å²) in [6, 6.07) is 0. The molecule has 0 aliphatic heterocycles. The summed E-state index contributed by atoms with van der Waals surface area (Å²) >= 11 is -6.54. The molecule has 0 saturated carbocycles. The second kappa shape index (κ2) is 4.13. The van der Waals surface area contributed by atoms with Crippen LogP contribution < -0.4 is 0 Å². The molecule has 2 unspecified atom stereocenters. The van der Waals surface area contributed by atoms with E-state index < -0.39 is 29.0 Å². The molecule has 0 aromatic heterocycles. The lowest BCUT2D eigenvalue weighted by molar-refractivity contribution is -0.304. The fourth-order valence-corrected chi connectivity index (χ4v) is 0.623. The summed E-state index contributed by atoms with van der Waals surface area (Å²) in [7, 11) is 0. The van der Waals surface area contributed by atoms with Crippen molar-refractivity contribution < 1.29 is 34.7 Å². The zero-order chi connectivity index (χ0) is 9.07. The maximum Gasteiger partial charge on any atom is 0.514 e. The third kappa shape index (κ3) is 6.40. The Morgan fingerprint density at radius 2 is 1.36 bits per heavy atom. The third-order valence-corrected chi connectivity index (χ3v) is 1.01. The molecule has 11 heavy (non-hydrogen) atoms. The summed E-state index contributed by atoms with van der Waals surface area (Å²) in [6.07, 6.45) is -4.56. The standard InChI is InChI=1S/CH2F2O6S2/c2-1(3,8-10(4)5)9-11(6)7/h(H,4,5)(H,6,7). The van der Waals surface area contributed by atoms with Crippen LogP contribution in [0.4, 0.5) is 8.78 Å². The van der Waals surface area contributed by atoms with E-state index in [1.54, 1.807) is 0 Å². The molecule has 0 aromatic carbocycles. The molecule has 0 aliphatic carbocycles. The van der Waals surface area contributed by atoms with Crippen LogP contribution >= 0.6 is 0 Å². The van der Waals surface area contributed by atoms with E-state index in [0.29, 0.717) is 0 Å². The fourth-order valence-electron chi connectivity index (χ4n) is 0.180.